The van der Waals surface area contributed by atoms with Crippen LogP contribution in [0.2, 0.25) is 0 Å². The highest BCUT2D eigenvalue weighted by atomic mass is 19.1. The van der Waals surface area contributed by atoms with Gasteiger partial charge in [0, 0.05) is 36.1 Å². The number of rotatable bonds is 6. The molecule has 0 aliphatic carbocycles. The van der Waals surface area contributed by atoms with Crippen LogP contribution >= 0.6 is 0 Å². The summed E-state index contributed by atoms with van der Waals surface area (Å²) in [6, 6.07) is 24.6. The number of hydrogen-bond acceptors (Lipinski definition) is 3. The van der Waals surface area contributed by atoms with Gasteiger partial charge in [-0.2, -0.15) is 0 Å². The van der Waals surface area contributed by atoms with Crippen molar-refractivity contribution >= 4 is 29.3 Å². The highest BCUT2D eigenvalue weighted by molar-refractivity contribution is 6.07. The lowest BCUT2D eigenvalue weighted by Gasteiger charge is -2.18. The van der Waals surface area contributed by atoms with Crippen LogP contribution < -0.4 is 10.2 Å². The van der Waals surface area contributed by atoms with Gasteiger partial charge in [0.05, 0.1) is 11.4 Å². The van der Waals surface area contributed by atoms with Crippen LogP contribution in [-0.4, -0.2) is 23.8 Å². The van der Waals surface area contributed by atoms with E-state index in [0.29, 0.717) is 28.1 Å². The van der Waals surface area contributed by atoms with Crippen LogP contribution in [0, 0.1) is 12.7 Å². The molecule has 0 saturated heterocycles. The molecule has 4 rings (SSSR count). The van der Waals surface area contributed by atoms with E-state index < -0.39 is 0 Å². The molecule has 0 fully saturated rings. The highest BCUT2D eigenvalue weighted by Crippen LogP contribution is 2.26. The number of nitrogens with zero attached hydrogens (tertiary/aromatic N) is 2. The quantitative estimate of drug-likeness (QED) is 0.349. The second-order valence-electron chi connectivity index (χ2n) is 8.01. The molecule has 0 bridgehead atoms. The molecule has 1 N–H and O–H groups in total. The van der Waals surface area contributed by atoms with E-state index >= 15 is 0 Å². The van der Waals surface area contributed by atoms with Crippen LogP contribution in [0.3, 0.4) is 0 Å². The van der Waals surface area contributed by atoms with E-state index in [1.54, 1.807) is 56.6 Å². The molecule has 1 aromatic heterocycles. The van der Waals surface area contributed by atoms with E-state index in [2.05, 4.69) is 10.3 Å². The molecule has 0 unspecified atom stereocenters. The van der Waals surface area contributed by atoms with Gasteiger partial charge in [-0.05, 0) is 72.7 Å². The van der Waals surface area contributed by atoms with Crippen molar-refractivity contribution in [3.05, 3.63) is 120 Å². The van der Waals surface area contributed by atoms with E-state index in [0.717, 1.165) is 11.3 Å². The molecule has 0 spiro atoms. The highest BCUT2D eigenvalue weighted by Gasteiger charge is 2.15. The second-order valence-corrected chi connectivity index (χ2v) is 8.01. The summed E-state index contributed by atoms with van der Waals surface area (Å²) in [5, 5.41) is 2.89. The van der Waals surface area contributed by atoms with Crippen molar-refractivity contribution in [3.63, 3.8) is 0 Å². The average molecular weight is 466 g/mol. The van der Waals surface area contributed by atoms with Gasteiger partial charge in [-0.3, -0.25) is 14.6 Å². The maximum absolute atomic E-state index is 13.6. The Labute approximate surface area is 203 Å². The first-order chi connectivity index (χ1) is 16.9. The van der Waals surface area contributed by atoms with Gasteiger partial charge >= 0.3 is 0 Å². The Bertz CT molecular complexity index is 1400. The second kappa shape index (κ2) is 10.6. The van der Waals surface area contributed by atoms with E-state index in [1.807, 2.05) is 48.5 Å². The number of nitrogens with one attached hydrogen (secondary N) is 1. The third-order valence-corrected chi connectivity index (χ3v) is 5.52. The molecule has 6 heteroatoms. The molecule has 1 heterocycles. The summed E-state index contributed by atoms with van der Waals surface area (Å²) in [7, 11) is 1.64. The molecule has 4 aromatic rings. The van der Waals surface area contributed by atoms with Gasteiger partial charge in [-0.25, -0.2) is 4.39 Å². The van der Waals surface area contributed by atoms with Crippen LogP contribution in [0.15, 0.2) is 97.2 Å². The summed E-state index contributed by atoms with van der Waals surface area (Å²) < 4.78 is 13.6. The number of amides is 2. The zero-order valence-corrected chi connectivity index (χ0v) is 19.4. The molecule has 0 saturated carbocycles. The molecular formula is C29H24FN3O2. The fourth-order valence-corrected chi connectivity index (χ4v) is 3.61. The van der Waals surface area contributed by atoms with Crippen LogP contribution in [0.5, 0.6) is 0 Å². The zero-order valence-electron chi connectivity index (χ0n) is 19.4. The minimum atomic E-state index is -0.317. The Hall–Kier alpha value is -4.58. The van der Waals surface area contributed by atoms with Crippen molar-refractivity contribution in [2.45, 2.75) is 6.92 Å². The summed E-state index contributed by atoms with van der Waals surface area (Å²) in [5.74, 6) is -0.855. The van der Waals surface area contributed by atoms with Crippen molar-refractivity contribution in [1.29, 1.82) is 0 Å². The topological polar surface area (TPSA) is 62.3 Å². The summed E-state index contributed by atoms with van der Waals surface area (Å²) in [4.78, 5) is 31.4. The van der Waals surface area contributed by atoms with Crippen molar-refractivity contribution in [3.8, 4) is 11.3 Å². The number of carbonyl (C=O) groups excluding carboxylic acids is 2. The van der Waals surface area contributed by atoms with E-state index in [1.165, 1.54) is 17.0 Å². The predicted octanol–water partition coefficient (Wildman–Crippen LogP) is 6.12. The van der Waals surface area contributed by atoms with Gasteiger partial charge in [0.25, 0.3) is 5.91 Å². The Morgan fingerprint density at radius 1 is 0.943 bits per heavy atom. The number of para-hydroxylation sites is 1. The van der Waals surface area contributed by atoms with Gasteiger partial charge in [0.2, 0.25) is 5.91 Å². The van der Waals surface area contributed by atoms with Crippen LogP contribution in [0.25, 0.3) is 17.3 Å². The van der Waals surface area contributed by atoms with Gasteiger partial charge in [0.15, 0.2) is 0 Å². The van der Waals surface area contributed by atoms with Crippen LogP contribution in [0.4, 0.5) is 15.8 Å². The number of anilines is 2. The molecule has 2 amide bonds. The maximum Gasteiger partial charge on any atom is 0.258 e. The largest absolute Gasteiger partial charge is 0.322 e. The van der Waals surface area contributed by atoms with E-state index in [9.17, 15) is 14.0 Å². The molecule has 3 aromatic carbocycles. The molecule has 174 valence electrons. The van der Waals surface area contributed by atoms with E-state index in [-0.39, 0.29) is 17.6 Å². The first-order valence-corrected chi connectivity index (χ1v) is 11.1. The Morgan fingerprint density at radius 3 is 2.51 bits per heavy atom. The normalized spacial score (nSPS) is 10.8. The first kappa shape index (κ1) is 23.6. The minimum absolute atomic E-state index is 0.236. The molecule has 35 heavy (non-hydrogen) atoms. The Balaban J connectivity index is 1.48. The molecule has 0 aliphatic rings. The molecular weight excluding hydrogens is 441 g/mol. The van der Waals surface area contributed by atoms with E-state index in [4.69, 9.17) is 0 Å². The number of carbonyl (C=O) groups is 2. The predicted molar refractivity (Wildman–Crippen MR) is 138 cm³/mol. The van der Waals surface area contributed by atoms with Crippen molar-refractivity contribution in [1.82, 2.24) is 4.98 Å². The fourth-order valence-electron chi connectivity index (χ4n) is 3.61. The average Bonchev–Trinajstić information content (AvgIpc) is 2.89. The summed E-state index contributed by atoms with van der Waals surface area (Å²) in [5.41, 5.74) is 4.46. The number of aromatic nitrogens is 1. The third kappa shape index (κ3) is 5.68. The molecule has 0 radical (unpaired) electrons. The number of halogens is 1. The smallest absolute Gasteiger partial charge is 0.258 e. The van der Waals surface area contributed by atoms with Crippen molar-refractivity contribution < 1.29 is 14.0 Å². The van der Waals surface area contributed by atoms with Gasteiger partial charge < -0.3 is 10.2 Å². The van der Waals surface area contributed by atoms with Gasteiger partial charge in [-0.15, -0.1) is 0 Å². The maximum atomic E-state index is 13.6. The Morgan fingerprint density at radius 2 is 1.74 bits per heavy atom. The van der Waals surface area contributed by atoms with Gasteiger partial charge in [-0.1, -0.05) is 36.4 Å². The Kier molecular flexibility index (Phi) is 7.12. The van der Waals surface area contributed by atoms with Crippen LogP contribution in [0.1, 0.15) is 21.5 Å². The number of benzene rings is 3. The molecule has 0 atom stereocenters. The summed E-state index contributed by atoms with van der Waals surface area (Å²) >= 11 is 0. The standard InChI is InChI=1S/C29H24FN3O2/c1-20-18-23(14-15-25(20)30)33(2)29(35)22-9-7-8-21(19-22)13-16-28(34)32-27-12-4-3-10-24(27)26-11-5-6-17-31-26/h3-19H,1-2H3,(H,32,34)/b16-13+. The monoisotopic (exact) mass is 465 g/mol. The van der Waals surface area contributed by atoms with Crippen molar-refractivity contribution in [2.24, 2.45) is 0 Å². The van der Waals surface area contributed by atoms with Crippen LogP contribution in [-0.2, 0) is 4.79 Å². The number of hydrogen-bond donors (Lipinski definition) is 1. The third-order valence-electron chi connectivity index (χ3n) is 5.52. The summed E-state index contributed by atoms with van der Waals surface area (Å²) in [6.45, 7) is 1.66. The molecule has 5 nitrogen and oxygen atoms in total. The zero-order chi connectivity index (χ0) is 24.8. The van der Waals surface area contributed by atoms with Gasteiger partial charge in [0.1, 0.15) is 5.82 Å². The number of aryl methyl sites for hydroxylation is 1. The molecule has 0 aliphatic heterocycles. The lowest BCUT2D eigenvalue weighted by molar-refractivity contribution is -0.111. The lowest BCUT2D eigenvalue weighted by atomic mass is 10.1. The fraction of sp³-hybridized carbons (Fsp3) is 0.0690. The minimum Gasteiger partial charge on any atom is -0.322 e. The van der Waals surface area contributed by atoms with Crippen molar-refractivity contribution in [2.75, 3.05) is 17.3 Å². The lowest BCUT2D eigenvalue weighted by Crippen LogP contribution is -2.26. The number of pyridine rings is 1. The SMILES string of the molecule is Cc1cc(N(C)C(=O)c2cccc(/C=C/C(=O)Nc3ccccc3-c3ccccn3)c2)ccc1F. The first-order valence-electron chi connectivity index (χ1n) is 11.1. The summed E-state index contributed by atoms with van der Waals surface area (Å²) in [6.07, 6.45) is 4.78.